The van der Waals surface area contributed by atoms with E-state index in [4.69, 9.17) is 30.1 Å². The molecule has 22 heavy (non-hydrogen) atoms. The van der Waals surface area contributed by atoms with E-state index in [2.05, 4.69) is 9.99 Å². The van der Waals surface area contributed by atoms with E-state index in [0.29, 0.717) is 0 Å². The number of nitrogens with zero attached hydrogens (tertiary/aromatic N) is 2. The lowest BCUT2D eigenvalue weighted by Gasteiger charge is -2.12. The molecule has 0 radical (unpaired) electrons. The maximum atomic E-state index is 12.7. The van der Waals surface area contributed by atoms with Crippen molar-refractivity contribution < 1.29 is 26.4 Å². The van der Waals surface area contributed by atoms with Crippen molar-refractivity contribution >= 4 is 27.8 Å². The number of halogens is 4. The first-order chi connectivity index (χ1) is 10.1. The zero-order valence-corrected chi connectivity index (χ0v) is 12.6. The van der Waals surface area contributed by atoms with Gasteiger partial charge in [0.05, 0.1) is 11.3 Å². The fourth-order valence-electron chi connectivity index (χ4n) is 1.27. The van der Waals surface area contributed by atoms with E-state index in [0.717, 1.165) is 18.2 Å². The largest absolute Gasteiger partial charge is 0.417 e. The van der Waals surface area contributed by atoms with Crippen LogP contribution in [0.1, 0.15) is 18.1 Å². The molecule has 1 rings (SSSR count). The number of nitrogens with one attached hydrogen (secondary N) is 1. The SMILES string of the molecule is C/C(=N\OCC#N)c1cc(Cl)ccc1C(F)(F)F.N=S(=O)=O. The third-order valence-electron chi connectivity index (χ3n) is 2.01. The van der Waals surface area contributed by atoms with Crippen molar-refractivity contribution in [3.8, 4) is 6.07 Å². The van der Waals surface area contributed by atoms with Gasteiger partial charge in [0.1, 0.15) is 6.07 Å². The van der Waals surface area contributed by atoms with E-state index in [-0.39, 0.29) is 22.9 Å². The van der Waals surface area contributed by atoms with Gasteiger partial charge in [0.25, 0.3) is 0 Å². The highest BCUT2D eigenvalue weighted by atomic mass is 35.5. The minimum atomic E-state index is -4.51. The standard InChI is InChI=1S/C11H8ClF3N2O.HNO2S/c1-7(17-18-5-4-16)9-6-8(12)2-3-10(9)11(13,14)15;1-4(2)3/h2-3,6H,5H2,1H3;1H/b17-7+;. The molecule has 1 N–H and O–H groups in total. The fraction of sp³-hybridized carbons (Fsp3) is 0.273. The molecule has 0 aromatic heterocycles. The summed E-state index contributed by atoms with van der Waals surface area (Å²) >= 11 is 5.66. The molecule has 0 heterocycles. The maximum absolute atomic E-state index is 12.7. The molecule has 0 aliphatic heterocycles. The fourth-order valence-corrected chi connectivity index (χ4v) is 1.44. The lowest BCUT2D eigenvalue weighted by molar-refractivity contribution is -0.137. The molecule has 11 heteroatoms. The van der Waals surface area contributed by atoms with Crippen LogP contribution in [0, 0.1) is 16.1 Å². The number of hydrogen-bond acceptors (Lipinski definition) is 6. The summed E-state index contributed by atoms with van der Waals surface area (Å²) in [7, 11) is -2.61. The van der Waals surface area contributed by atoms with E-state index >= 15 is 0 Å². The van der Waals surface area contributed by atoms with Gasteiger partial charge in [-0.25, -0.2) is 0 Å². The van der Waals surface area contributed by atoms with Gasteiger partial charge in [-0.2, -0.15) is 31.6 Å². The van der Waals surface area contributed by atoms with Gasteiger partial charge in [-0.15, -0.1) is 0 Å². The van der Waals surface area contributed by atoms with Crippen LogP contribution in [0.3, 0.4) is 0 Å². The van der Waals surface area contributed by atoms with Crippen molar-refractivity contribution in [1.29, 1.82) is 10.0 Å². The smallest absolute Gasteiger partial charge is 0.380 e. The van der Waals surface area contributed by atoms with Crippen LogP contribution in [-0.4, -0.2) is 20.7 Å². The average molecular weight is 356 g/mol. The van der Waals surface area contributed by atoms with Gasteiger partial charge in [-0.1, -0.05) is 16.8 Å². The molecule has 6 nitrogen and oxygen atoms in total. The quantitative estimate of drug-likeness (QED) is 0.510. The normalized spacial score (nSPS) is 11.0. The molecule has 0 unspecified atom stereocenters. The van der Waals surface area contributed by atoms with Crippen LogP contribution in [0.2, 0.25) is 5.02 Å². The molecule has 0 aliphatic carbocycles. The number of nitriles is 1. The highest BCUT2D eigenvalue weighted by Gasteiger charge is 2.34. The Morgan fingerprint density at radius 1 is 1.50 bits per heavy atom. The van der Waals surface area contributed by atoms with Crippen molar-refractivity contribution in [3.05, 3.63) is 34.3 Å². The van der Waals surface area contributed by atoms with Gasteiger partial charge < -0.3 is 4.84 Å². The Morgan fingerprint density at radius 3 is 2.50 bits per heavy atom. The molecular formula is C11H9ClF3N3O3S. The van der Waals surface area contributed by atoms with Crippen LogP contribution < -0.4 is 0 Å². The van der Waals surface area contributed by atoms with Gasteiger partial charge in [0.15, 0.2) is 0 Å². The molecular weight excluding hydrogens is 347 g/mol. The molecule has 0 atom stereocenters. The summed E-state index contributed by atoms with van der Waals surface area (Å²) in [5.41, 5.74) is -1.03. The summed E-state index contributed by atoms with van der Waals surface area (Å²) in [6.45, 7) is 1.01. The zero-order valence-electron chi connectivity index (χ0n) is 11.0. The van der Waals surface area contributed by atoms with Gasteiger partial charge in [0.2, 0.25) is 6.61 Å². The Balaban J connectivity index is 0.000000980. The van der Waals surface area contributed by atoms with Crippen molar-refractivity contribution in [1.82, 2.24) is 0 Å². The van der Waals surface area contributed by atoms with Gasteiger partial charge in [0, 0.05) is 10.6 Å². The third kappa shape index (κ3) is 7.61. The molecule has 1 aromatic carbocycles. The first-order valence-corrected chi connectivity index (χ1v) is 6.76. The number of oxime groups is 1. The van der Waals surface area contributed by atoms with Crippen molar-refractivity contribution in [3.63, 3.8) is 0 Å². The van der Waals surface area contributed by atoms with E-state index in [1.165, 1.54) is 6.92 Å². The summed E-state index contributed by atoms with van der Waals surface area (Å²) in [6.07, 6.45) is -4.51. The Kier molecular flexibility index (Phi) is 8.14. The topological polar surface area (TPSA) is 103 Å². The maximum Gasteiger partial charge on any atom is 0.417 e. The lowest BCUT2D eigenvalue weighted by atomic mass is 10.0. The second kappa shape index (κ2) is 9.01. The Bertz CT molecular complexity index is 690. The van der Waals surface area contributed by atoms with E-state index in [1.54, 1.807) is 6.07 Å². The molecule has 1 aromatic rings. The van der Waals surface area contributed by atoms with E-state index in [9.17, 15) is 13.2 Å². The van der Waals surface area contributed by atoms with Crippen LogP contribution in [0.15, 0.2) is 23.4 Å². The molecule has 0 saturated heterocycles. The number of benzene rings is 1. The Hall–Kier alpha value is -2.12. The van der Waals surface area contributed by atoms with Crippen LogP contribution in [-0.2, 0) is 21.5 Å². The molecule has 0 aliphatic rings. The van der Waals surface area contributed by atoms with Gasteiger partial charge in [-0.3, -0.25) is 0 Å². The Morgan fingerprint density at radius 2 is 2.05 bits per heavy atom. The molecule has 0 fully saturated rings. The first kappa shape index (κ1) is 19.9. The van der Waals surface area contributed by atoms with Crippen LogP contribution in [0.5, 0.6) is 0 Å². The summed E-state index contributed by atoms with van der Waals surface area (Å²) in [6, 6.07) is 4.83. The summed E-state index contributed by atoms with van der Waals surface area (Å²) in [5.74, 6) is 0. The van der Waals surface area contributed by atoms with Crippen LogP contribution in [0.25, 0.3) is 0 Å². The zero-order chi connectivity index (χ0) is 17.3. The molecule has 120 valence electrons. The predicted molar refractivity (Wildman–Crippen MR) is 71.9 cm³/mol. The molecule has 0 spiro atoms. The molecule has 0 amide bonds. The first-order valence-electron chi connectivity index (χ1n) is 5.30. The average Bonchev–Trinajstić information content (AvgIpc) is 2.36. The lowest BCUT2D eigenvalue weighted by Crippen LogP contribution is -2.12. The summed E-state index contributed by atoms with van der Waals surface area (Å²) < 4.78 is 61.0. The monoisotopic (exact) mass is 355 g/mol. The second-order valence-corrected chi connectivity index (χ2v) is 4.44. The third-order valence-corrected chi connectivity index (χ3v) is 2.24. The number of alkyl halides is 3. The molecule has 0 bridgehead atoms. The van der Waals surface area contributed by atoms with Crippen molar-refractivity contribution in [2.75, 3.05) is 6.61 Å². The van der Waals surface area contributed by atoms with Crippen molar-refractivity contribution in [2.24, 2.45) is 5.16 Å². The van der Waals surface area contributed by atoms with Gasteiger partial charge in [-0.05, 0) is 25.1 Å². The van der Waals surface area contributed by atoms with E-state index < -0.39 is 22.2 Å². The predicted octanol–water partition coefficient (Wildman–Crippen LogP) is 3.25. The van der Waals surface area contributed by atoms with E-state index in [1.807, 2.05) is 0 Å². The summed E-state index contributed by atoms with van der Waals surface area (Å²) in [4.78, 5) is 4.52. The highest BCUT2D eigenvalue weighted by Crippen LogP contribution is 2.33. The Labute approximate surface area is 130 Å². The summed E-state index contributed by atoms with van der Waals surface area (Å²) in [5, 5.41) is 11.8. The van der Waals surface area contributed by atoms with Crippen LogP contribution in [0.4, 0.5) is 13.2 Å². The minimum absolute atomic E-state index is 0.0000694. The number of hydrogen-bond donors (Lipinski definition) is 1. The van der Waals surface area contributed by atoms with Crippen molar-refractivity contribution in [2.45, 2.75) is 13.1 Å². The minimum Gasteiger partial charge on any atom is -0.380 e. The molecule has 0 saturated carbocycles. The van der Waals surface area contributed by atoms with Gasteiger partial charge >= 0.3 is 16.7 Å². The number of rotatable bonds is 3. The second-order valence-electron chi connectivity index (χ2n) is 3.53. The van der Waals surface area contributed by atoms with Crippen LogP contribution >= 0.6 is 11.6 Å². The highest BCUT2D eigenvalue weighted by molar-refractivity contribution is 7.60.